The maximum absolute atomic E-state index is 13.6. The Labute approximate surface area is 179 Å². The zero-order valence-electron chi connectivity index (χ0n) is 17.6. The second kappa shape index (κ2) is 9.38. The first kappa shape index (κ1) is 22.0. The minimum atomic E-state index is -0.613. The molecule has 0 saturated carbocycles. The molecule has 0 bridgehead atoms. The molecule has 0 saturated heterocycles. The first-order valence-corrected chi connectivity index (χ1v) is 9.75. The van der Waals surface area contributed by atoms with E-state index < -0.39 is 12.6 Å². The molecule has 0 atom stereocenters. The number of rotatable bonds is 7. The number of esters is 1. The van der Waals surface area contributed by atoms with Crippen molar-refractivity contribution >= 4 is 17.7 Å². The SMILES string of the molecule is CC(=O)NCc1ccc(C(=O)OCC(=O)c2cc(C)n(-c3cccc(F)c3)c2C)cc1. The van der Waals surface area contributed by atoms with Crippen molar-refractivity contribution in [3.8, 4) is 5.69 Å². The largest absolute Gasteiger partial charge is 0.454 e. The number of ether oxygens (including phenoxy) is 1. The monoisotopic (exact) mass is 422 g/mol. The van der Waals surface area contributed by atoms with E-state index in [1.54, 1.807) is 54.0 Å². The van der Waals surface area contributed by atoms with Gasteiger partial charge < -0.3 is 14.6 Å². The first-order chi connectivity index (χ1) is 14.8. The Morgan fingerprint density at radius 2 is 1.74 bits per heavy atom. The fraction of sp³-hybridized carbons (Fsp3) is 0.208. The van der Waals surface area contributed by atoms with Gasteiger partial charge in [0, 0.05) is 36.1 Å². The van der Waals surface area contributed by atoms with Gasteiger partial charge in [-0.15, -0.1) is 0 Å². The molecule has 160 valence electrons. The van der Waals surface area contributed by atoms with Crippen molar-refractivity contribution in [2.45, 2.75) is 27.3 Å². The molecule has 0 radical (unpaired) electrons. The molecule has 0 spiro atoms. The number of nitrogens with zero attached hydrogens (tertiary/aromatic N) is 1. The summed E-state index contributed by atoms with van der Waals surface area (Å²) in [7, 11) is 0. The van der Waals surface area contributed by atoms with Crippen LogP contribution in [0.1, 0.15) is 44.6 Å². The molecule has 6 nitrogen and oxygen atoms in total. The Bertz CT molecular complexity index is 1130. The van der Waals surface area contributed by atoms with Crippen molar-refractivity contribution < 1.29 is 23.5 Å². The Hall–Kier alpha value is -3.74. The number of aryl methyl sites for hydroxylation is 1. The van der Waals surface area contributed by atoms with Crippen LogP contribution in [-0.2, 0) is 16.1 Å². The third kappa shape index (κ3) is 5.25. The Kier molecular flexibility index (Phi) is 6.65. The molecule has 1 N–H and O–H groups in total. The van der Waals surface area contributed by atoms with Crippen LogP contribution in [0.4, 0.5) is 4.39 Å². The van der Waals surface area contributed by atoms with Crippen LogP contribution >= 0.6 is 0 Å². The average Bonchev–Trinajstić information content (AvgIpc) is 3.04. The van der Waals surface area contributed by atoms with Crippen LogP contribution < -0.4 is 5.32 Å². The lowest BCUT2D eigenvalue weighted by Gasteiger charge is -2.10. The summed E-state index contributed by atoms with van der Waals surface area (Å²) in [5, 5.41) is 2.67. The summed E-state index contributed by atoms with van der Waals surface area (Å²) in [6.45, 7) is 4.98. The number of carbonyl (C=O) groups excluding carboxylic acids is 3. The maximum Gasteiger partial charge on any atom is 0.338 e. The van der Waals surface area contributed by atoms with Gasteiger partial charge in [0.1, 0.15) is 5.82 Å². The fourth-order valence-corrected chi connectivity index (χ4v) is 3.34. The Balaban J connectivity index is 1.66. The maximum atomic E-state index is 13.6. The van der Waals surface area contributed by atoms with Gasteiger partial charge in [-0.2, -0.15) is 0 Å². The van der Waals surface area contributed by atoms with Gasteiger partial charge in [0.25, 0.3) is 0 Å². The van der Waals surface area contributed by atoms with E-state index in [2.05, 4.69) is 5.32 Å². The molecule has 0 unspecified atom stereocenters. The summed E-state index contributed by atoms with van der Waals surface area (Å²) in [5.41, 5.74) is 3.60. The minimum Gasteiger partial charge on any atom is -0.454 e. The van der Waals surface area contributed by atoms with E-state index in [1.165, 1.54) is 19.1 Å². The lowest BCUT2D eigenvalue weighted by atomic mass is 10.1. The number of carbonyl (C=O) groups is 3. The summed E-state index contributed by atoms with van der Waals surface area (Å²) in [6, 6.07) is 14.4. The number of ketones is 1. The molecule has 3 rings (SSSR count). The molecule has 1 amide bonds. The molecule has 0 aliphatic rings. The van der Waals surface area contributed by atoms with Crippen molar-refractivity contribution in [3.63, 3.8) is 0 Å². The van der Waals surface area contributed by atoms with Crippen LogP contribution in [0.15, 0.2) is 54.6 Å². The molecule has 7 heteroatoms. The van der Waals surface area contributed by atoms with Crippen molar-refractivity contribution in [2.24, 2.45) is 0 Å². The number of hydrogen-bond donors (Lipinski definition) is 1. The summed E-state index contributed by atoms with van der Waals surface area (Å²) < 4.78 is 20.6. The zero-order valence-corrected chi connectivity index (χ0v) is 17.6. The number of hydrogen-bond acceptors (Lipinski definition) is 4. The van der Waals surface area contributed by atoms with Crippen molar-refractivity contribution in [1.82, 2.24) is 9.88 Å². The van der Waals surface area contributed by atoms with E-state index in [1.807, 2.05) is 6.92 Å². The van der Waals surface area contributed by atoms with E-state index in [4.69, 9.17) is 4.74 Å². The minimum absolute atomic E-state index is 0.140. The summed E-state index contributed by atoms with van der Waals surface area (Å²) in [4.78, 5) is 35.9. The Morgan fingerprint density at radius 1 is 1.03 bits per heavy atom. The molecule has 1 heterocycles. The van der Waals surface area contributed by atoms with Crippen molar-refractivity contribution in [2.75, 3.05) is 6.61 Å². The molecule has 1 aromatic heterocycles. The second-order valence-electron chi connectivity index (χ2n) is 7.21. The molecule has 31 heavy (non-hydrogen) atoms. The van der Waals surface area contributed by atoms with Gasteiger partial charge in [0.15, 0.2) is 6.61 Å². The third-order valence-electron chi connectivity index (χ3n) is 4.86. The van der Waals surface area contributed by atoms with Crippen LogP contribution in [0, 0.1) is 19.7 Å². The molecule has 3 aromatic rings. The van der Waals surface area contributed by atoms with Crippen LogP contribution in [0.2, 0.25) is 0 Å². The van der Waals surface area contributed by atoms with Gasteiger partial charge in [0.2, 0.25) is 11.7 Å². The number of amides is 1. The second-order valence-corrected chi connectivity index (χ2v) is 7.21. The standard InChI is InChI=1S/C24H23FN2O4/c1-15-11-22(16(2)27(15)21-6-4-5-20(25)12-21)23(29)14-31-24(30)19-9-7-18(8-10-19)13-26-17(3)28/h4-12H,13-14H2,1-3H3,(H,26,28). The van der Waals surface area contributed by atoms with E-state index >= 15 is 0 Å². The third-order valence-corrected chi connectivity index (χ3v) is 4.86. The molecular formula is C24H23FN2O4. The summed E-state index contributed by atoms with van der Waals surface area (Å²) in [6.07, 6.45) is 0. The highest BCUT2D eigenvalue weighted by atomic mass is 19.1. The van der Waals surface area contributed by atoms with Crippen LogP contribution in [0.3, 0.4) is 0 Å². The van der Waals surface area contributed by atoms with Crippen LogP contribution in [0.5, 0.6) is 0 Å². The summed E-state index contributed by atoms with van der Waals surface area (Å²) >= 11 is 0. The predicted molar refractivity (Wildman–Crippen MR) is 114 cm³/mol. The number of halogens is 1. The van der Waals surface area contributed by atoms with E-state index in [-0.39, 0.29) is 17.5 Å². The number of Topliss-reactive ketones (excluding diaryl/α,β-unsaturated/α-hetero) is 1. The van der Waals surface area contributed by atoms with Gasteiger partial charge in [-0.25, -0.2) is 9.18 Å². The van der Waals surface area contributed by atoms with E-state index in [9.17, 15) is 18.8 Å². The van der Waals surface area contributed by atoms with Crippen LogP contribution in [-0.4, -0.2) is 28.8 Å². The first-order valence-electron chi connectivity index (χ1n) is 9.75. The number of nitrogens with one attached hydrogen (secondary N) is 1. The molecule has 0 aliphatic carbocycles. The van der Waals surface area contributed by atoms with Gasteiger partial charge in [0.05, 0.1) is 5.56 Å². The number of aromatic nitrogens is 1. The quantitative estimate of drug-likeness (QED) is 0.463. The lowest BCUT2D eigenvalue weighted by molar-refractivity contribution is -0.119. The molecular weight excluding hydrogens is 399 g/mol. The van der Waals surface area contributed by atoms with Crippen molar-refractivity contribution in [3.05, 3.63) is 88.5 Å². The smallest absolute Gasteiger partial charge is 0.338 e. The number of benzene rings is 2. The Morgan fingerprint density at radius 3 is 2.39 bits per heavy atom. The van der Waals surface area contributed by atoms with E-state index in [0.717, 1.165) is 11.3 Å². The van der Waals surface area contributed by atoms with Crippen LogP contribution in [0.25, 0.3) is 5.69 Å². The lowest BCUT2D eigenvalue weighted by Crippen LogP contribution is -2.19. The molecule has 0 aliphatic heterocycles. The fourth-order valence-electron chi connectivity index (χ4n) is 3.34. The van der Waals surface area contributed by atoms with Gasteiger partial charge in [-0.3, -0.25) is 9.59 Å². The zero-order chi connectivity index (χ0) is 22.5. The molecule has 2 aromatic carbocycles. The highest BCUT2D eigenvalue weighted by molar-refractivity contribution is 6.00. The van der Waals surface area contributed by atoms with Crippen molar-refractivity contribution in [1.29, 1.82) is 0 Å². The van der Waals surface area contributed by atoms with Gasteiger partial charge >= 0.3 is 5.97 Å². The van der Waals surface area contributed by atoms with E-state index in [0.29, 0.717) is 29.1 Å². The highest BCUT2D eigenvalue weighted by Crippen LogP contribution is 2.22. The normalized spacial score (nSPS) is 10.6. The average molecular weight is 422 g/mol. The summed E-state index contributed by atoms with van der Waals surface area (Å²) in [5.74, 6) is -1.46. The van der Waals surface area contributed by atoms with Gasteiger partial charge in [-0.05, 0) is 55.8 Å². The molecule has 0 fully saturated rings. The van der Waals surface area contributed by atoms with Gasteiger partial charge in [-0.1, -0.05) is 18.2 Å². The highest BCUT2D eigenvalue weighted by Gasteiger charge is 2.19. The topological polar surface area (TPSA) is 77.4 Å². The predicted octanol–water partition coefficient (Wildman–Crippen LogP) is 3.91.